The van der Waals surface area contributed by atoms with Crippen molar-refractivity contribution in [1.82, 2.24) is 25.1 Å². The predicted octanol–water partition coefficient (Wildman–Crippen LogP) is 5.46. The Bertz CT molecular complexity index is 1270. The molecule has 0 bridgehead atoms. The quantitative estimate of drug-likeness (QED) is 0.308. The summed E-state index contributed by atoms with van der Waals surface area (Å²) in [6.07, 6.45) is 6.13. The monoisotopic (exact) mass is 662 g/mol. The van der Waals surface area contributed by atoms with E-state index in [2.05, 4.69) is 80.6 Å². The Morgan fingerprint density at radius 1 is 1.16 bits per heavy atom. The molecule has 2 aliphatic rings. The number of ether oxygens (including phenoxy) is 1. The number of hydrogen-bond acceptors (Lipinski definition) is 7. The first-order valence-corrected chi connectivity index (χ1v) is 15.7. The summed E-state index contributed by atoms with van der Waals surface area (Å²) in [4.78, 5) is 41.3. The number of piperidine rings is 1. The number of aromatic nitrogens is 2. The van der Waals surface area contributed by atoms with Crippen LogP contribution in [-0.4, -0.2) is 90.6 Å². The first-order valence-electron chi connectivity index (χ1n) is 15.7. The van der Waals surface area contributed by atoms with Crippen molar-refractivity contribution in [2.24, 2.45) is 11.8 Å². The minimum absolute atomic E-state index is 0. The van der Waals surface area contributed by atoms with Crippen LogP contribution in [0.1, 0.15) is 75.6 Å². The SMILES string of the molecule is COCCCNc1nc(C(C)(C)C)ncc1C(=O)N(CC(C)C)[C@@H]1CNC[C@H](C(=O)N2CC=C(c3ccccc3)CC2)C1.Cl.Cl. The lowest BCUT2D eigenvalue weighted by atomic mass is 9.91. The largest absolute Gasteiger partial charge is 0.385 e. The molecule has 2 aliphatic heterocycles. The summed E-state index contributed by atoms with van der Waals surface area (Å²) in [6.45, 7) is 14.9. The van der Waals surface area contributed by atoms with E-state index < -0.39 is 0 Å². The lowest BCUT2D eigenvalue weighted by Crippen LogP contribution is -2.55. The van der Waals surface area contributed by atoms with Gasteiger partial charge in [-0.05, 0) is 36.3 Å². The Kier molecular flexibility index (Phi) is 15.2. The second-order valence-electron chi connectivity index (χ2n) is 13.2. The van der Waals surface area contributed by atoms with Gasteiger partial charge >= 0.3 is 0 Å². The molecule has 2 amide bonds. The van der Waals surface area contributed by atoms with Gasteiger partial charge in [-0.15, -0.1) is 24.8 Å². The molecule has 1 aromatic carbocycles. The van der Waals surface area contributed by atoms with E-state index in [1.807, 2.05) is 15.9 Å². The molecule has 3 heterocycles. The number of carbonyl (C=O) groups excluding carboxylic acids is 2. The number of rotatable bonds is 11. The molecule has 0 spiro atoms. The number of halogens is 2. The van der Waals surface area contributed by atoms with Crippen molar-refractivity contribution in [3.05, 3.63) is 59.6 Å². The minimum atomic E-state index is -0.255. The van der Waals surface area contributed by atoms with Crippen LogP contribution in [0.5, 0.6) is 0 Å². The average Bonchev–Trinajstić information content (AvgIpc) is 3.01. The zero-order valence-corrected chi connectivity index (χ0v) is 29.3. The molecule has 1 fully saturated rings. The van der Waals surface area contributed by atoms with Gasteiger partial charge in [0.15, 0.2) is 0 Å². The average molecular weight is 664 g/mol. The van der Waals surface area contributed by atoms with Crippen molar-refractivity contribution >= 4 is 48.0 Å². The van der Waals surface area contributed by atoms with E-state index in [0.717, 1.165) is 12.8 Å². The Morgan fingerprint density at radius 2 is 1.89 bits per heavy atom. The lowest BCUT2D eigenvalue weighted by Gasteiger charge is -2.40. The van der Waals surface area contributed by atoms with Crippen LogP contribution in [0.15, 0.2) is 42.6 Å². The number of benzene rings is 1. The van der Waals surface area contributed by atoms with E-state index in [4.69, 9.17) is 9.72 Å². The van der Waals surface area contributed by atoms with Crippen LogP contribution in [0, 0.1) is 11.8 Å². The van der Waals surface area contributed by atoms with Gasteiger partial charge in [0.25, 0.3) is 5.91 Å². The van der Waals surface area contributed by atoms with E-state index >= 15 is 0 Å². The van der Waals surface area contributed by atoms with Crippen LogP contribution in [0.2, 0.25) is 0 Å². The summed E-state index contributed by atoms with van der Waals surface area (Å²) < 4.78 is 5.21. The highest BCUT2D eigenvalue weighted by atomic mass is 35.5. The van der Waals surface area contributed by atoms with Crippen LogP contribution < -0.4 is 10.6 Å². The van der Waals surface area contributed by atoms with E-state index in [9.17, 15) is 9.59 Å². The lowest BCUT2D eigenvalue weighted by molar-refractivity contribution is -0.136. The number of nitrogens with one attached hydrogen (secondary N) is 2. The Morgan fingerprint density at radius 3 is 2.51 bits per heavy atom. The van der Waals surface area contributed by atoms with E-state index in [-0.39, 0.29) is 59.9 Å². The highest BCUT2D eigenvalue weighted by molar-refractivity contribution is 5.98. The molecule has 0 aliphatic carbocycles. The summed E-state index contributed by atoms with van der Waals surface area (Å²) in [7, 11) is 1.68. The summed E-state index contributed by atoms with van der Waals surface area (Å²) in [5, 5.41) is 6.85. The van der Waals surface area contributed by atoms with Crippen molar-refractivity contribution < 1.29 is 14.3 Å². The van der Waals surface area contributed by atoms with Gasteiger partial charge < -0.3 is 25.2 Å². The summed E-state index contributed by atoms with van der Waals surface area (Å²) >= 11 is 0. The molecule has 9 nitrogen and oxygen atoms in total. The minimum Gasteiger partial charge on any atom is -0.385 e. The molecule has 0 saturated carbocycles. The third-order valence-corrected chi connectivity index (χ3v) is 8.11. The molecule has 1 saturated heterocycles. The van der Waals surface area contributed by atoms with Crippen molar-refractivity contribution in [1.29, 1.82) is 0 Å². The maximum atomic E-state index is 14.2. The van der Waals surface area contributed by atoms with Gasteiger partial charge in [0.1, 0.15) is 17.2 Å². The van der Waals surface area contributed by atoms with E-state index in [0.29, 0.717) is 69.5 Å². The van der Waals surface area contributed by atoms with Crippen LogP contribution in [0.25, 0.3) is 5.57 Å². The molecule has 4 rings (SSSR count). The summed E-state index contributed by atoms with van der Waals surface area (Å²) in [6, 6.07) is 10.3. The van der Waals surface area contributed by atoms with Crippen molar-refractivity contribution in [3.8, 4) is 0 Å². The van der Waals surface area contributed by atoms with Crippen LogP contribution in [0.3, 0.4) is 0 Å². The molecule has 0 radical (unpaired) electrons. The molecule has 11 heteroatoms. The van der Waals surface area contributed by atoms with Gasteiger partial charge in [0.05, 0.1) is 5.92 Å². The standard InChI is InChI=1S/C34H50N6O3.2ClH/c1-24(2)23-40(32(42)29-22-37-33(34(3,4)5)38-30(29)36-15-10-18-43-6)28-19-27(20-35-21-28)31(41)39-16-13-26(14-17-39)25-11-8-7-9-12-25;;/h7-9,11-13,22,24,27-28,35H,10,14-21,23H2,1-6H3,(H,36,37,38);2*1H/t27-,28+;;/m1../s1. The van der Waals surface area contributed by atoms with Crippen LogP contribution in [0.4, 0.5) is 5.82 Å². The van der Waals surface area contributed by atoms with Crippen LogP contribution >= 0.6 is 24.8 Å². The Hall–Kier alpha value is -2.72. The number of anilines is 1. The zero-order chi connectivity index (χ0) is 31.0. The van der Waals surface area contributed by atoms with Crippen molar-refractivity contribution in [3.63, 3.8) is 0 Å². The Balaban J connectivity index is 0.00000353. The van der Waals surface area contributed by atoms with Gasteiger partial charge in [-0.25, -0.2) is 9.97 Å². The molecule has 2 N–H and O–H groups in total. The molecule has 0 unspecified atom stereocenters. The van der Waals surface area contributed by atoms with Gasteiger partial charge in [-0.2, -0.15) is 0 Å². The molecular formula is C34H52Cl2N6O3. The Labute approximate surface area is 281 Å². The fraction of sp³-hybridized carbons (Fsp3) is 0.588. The van der Waals surface area contributed by atoms with Gasteiger partial charge in [0, 0.05) is 70.6 Å². The molecule has 45 heavy (non-hydrogen) atoms. The second kappa shape index (κ2) is 17.8. The smallest absolute Gasteiger partial charge is 0.259 e. The molecule has 2 aromatic rings. The van der Waals surface area contributed by atoms with E-state index in [1.165, 1.54) is 11.1 Å². The zero-order valence-electron chi connectivity index (χ0n) is 27.7. The third-order valence-electron chi connectivity index (χ3n) is 8.11. The maximum absolute atomic E-state index is 14.2. The van der Waals surface area contributed by atoms with Gasteiger partial charge in [-0.1, -0.05) is 71.0 Å². The predicted molar refractivity (Wildman–Crippen MR) is 186 cm³/mol. The normalized spacial score (nSPS) is 18.4. The second-order valence-corrected chi connectivity index (χ2v) is 13.2. The van der Waals surface area contributed by atoms with Crippen LogP contribution in [-0.2, 0) is 14.9 Å². The number of amides is 2. The first kappa shape index (κ1) is 38.5. The fourth-order valence-corrected chi connectivity index (χ4v) is 5.79. The van der Waals surface area contributed by atoms with Gasteiger partial charge in [-0.3, -0.25) is 9.59 Å². The fourth-order valence-electron chi connectivity index (χ4n) is 5.79. The number of carbonyl (C=O) groups is 2. The first-order chi connectivity index (χ1) is 20.6. The highest BCUT2D eigenvalue weighted by Gasteiger charge is 2.36. The molecule has 1 aromatic heterocycles. The molecular weight excluding hydrogens is 611 g/mol. The molecule has 250 valence electrons. The number of nitrogens with zero attached hydrogens (tertiary/aromatic N) is 4. The van der Waals surface area contributed by atoms with Crippen molar-refractivity contribution in [2.45, 2.75) is 65.3 Å². The molecule has 2 atom stereocenters. The van der Waals surface area contributed by atoms with Crippen molar-refractivity contribution in [2.75, 3.05) is 58.3 Å². The third kappa shape index (κ3) is 10.4. The summed E-state index contributed by atoms with van der Waals surface area (Å²) in [5.41, 5.74) is 2.73. The van der Waals surface area contributed by atoms with Gasteiger partial charge in [0.2, 0.25) is 5.91 Å². The summed E-state index contributed by atoms with van der Waals surface area (Å²) in [5.74, 6) is 1.38. The highest BCUT2D eigenvalue weighted by Crippen LogP contribution is 2.28. The topological polar surface area (TPSA) is 99.7 Å². The van der Waals surface area contributed by atoms with E-state index in [1.54, 1.807) is 13.3 Å². The number of hydrogen-bond donors (Lipinski definition) is 2. The maximum Gasteiger partial charge on any atom is 0.259 e. The number of methoxy groups -OCH3 is 1.